The molecule has 3 aromatic carbocycles. The van der Waals surface area contributed by atoms with E-state index in [9.17, 15) is 9.59 Å². The minimum atomic E-state index is -0.493. The van der Waals surface area contributed by atoms with Gasteiger partial charge in [0.1, 0.15) is 11.5 Å². The lowest BCUT2D eigenvalue weighted by Gasteiger charge is -2.08. The van der Waals surface area contributed by atoms with Crippen LogP contribution in [0.4, 0.5) is 0 Å². The molecule has 0 atom stereocenters. The molecular weight excluding hydrogens is 470 g/mol. The lowest BCUT2D eigenvalue weighted by atomic mass is 10.0. The van der Waals surface area contributed by atoms with E-state index in [1.165, 1.54) is 0 Å². The number of ketones is 1. The number of fused-ring (bicyclic) bond motifs is 2. The molecule has 1 aromatic heterocycles. The zero-order valence-electron chi connectivity index (χ0n) is 17.4. The number of hydrogen-bond acceptors (Lipinski definition) is 4. The highest BCUT2D eigenvalue weighted by Gasteiger charge is 2.30. The summed E-state index contributed by atoms with van der Waals surface area (Å²) in [6.45, 7) is 1.80. The normalized spacial score (nSPS) is 14.0. The van der Waals surface area contributed by atoms with Gasteiger partial charge in [-0.25, -0.2) is 4.79 Å². The average Bonchev–Trinajstić information content (AvgIpc) is 3.25. The lowest BCUT2D eigenvalue weighted by Crippen LogP contribution is -2.09. The zero-order valence-corrected chi connectivity index (χ0v) is 19.0. The first-order chi connectivity index (χ1) is 15.4. The van der Waals surface area contributed by atoms with Crippen LogP contribution in [-0.2, 0) is 7.05 Å². The number of benzene rings is 3. The first-order valence-corrected chi connectivity index (χ1v) is 10.8. The molecule has 0 radical (unpaired) electrons. The Morgan fingerprint density at radius 3 is 2.66 bits per heavy atom. The molecule has 0 aliphatic carbocycles. The van der Waals surface area contributed by atoms with E-state index in [4.69, 9.17) is 9.47 Å². The third kappa shape index (κ3) is 3.42. The first kappa shape index (κ1) is 20.3. The van der Waals surface area contributed by atoms with E-state index in [0.717, 1.165) is 16.5 Å². The molecule has 5 nitrogen and oxygen atoms in total. The van der Waals surface area contributed by atoms with Gasteiger partial charge in [0, 0.05) is 40.2 Å². The third-order valence-electron chi connectivity index (χ3n) is 5.46. The van der Waals surface area contributed by atoms with Crippen LogP contribution >= 0.6 is 15.9 Å². The predicted molar refractivity (Wildman–Crippen MR) is 126 cm³/mol. The number of rotatable bonds is 3. The number of allylic oxidation sites excluding steroid dienone is 1. The van der Waals surface area contributed by atoms with Crippen molar-refractivity contribution >= 4 is 44.7 Å². The fourth-order valence-electron chi connectivity index (χ4n) is 3.95. The van der Waals surface area contributed by atoms with Gasteiger partial charge in [-0.2, -0.15) is 0 Å². The van der Waals surface area contributed by atoms with Crippen LogP contribution in [0.2, 0.25) is 0 Å². The molecular formula is C26H18BrNO4. The fraction of sp³-hybridized carbons (Fsp3) is 0.0769. The van der Waals surface area contributed by atoms with Gasteiger partial charge in [0.15, 0.2) is 5.76 Å². The zero-order chi connectivity index (χ0) is 22.4. The molecule has 2 heterocycles. The average molecular weight is 488 g/mol. The van der Waals surface area contributed by atoms with Gasteiger partial charge >= 0.3 is 5.97 Å². The number of halogens is 1. The second-order valence-electron chi connectivity index (χ2n) is 7.63. The largest absolute Gasteiger partial charge is 0.452 e. The van der Waals surface area contributed by atoms with Gasteiger partial charge in [0.05, 0.1) is 11.1 Å². The smallest absolute Gasteiger partial charge is 0.344 e. The highest BCUT2D eigenvalue weighted by atomic mass is 79.9. The Morgan fingerprint density at radius 1 is 1.09 bits per heavy atom. The predicted octanol–water partition coefficient (Wildman–Crippen LogP) is 6.08. The molecule has 0 N–H and O–H groups in total. The number of para-hydroxylation sites is 1. The Morgan fingerprint density at radius 2 is 1.84 bits per heavy atom. The molecule has 6 heteroatoms. The standard InChI is InChI=1S/C26H18BrNO4/c1-15-11-17(31-26(30)19-8-3-5-9-20(19)27)13-22-24(15)25(29)23(32-22)12-16-14-28(2)21-10-6-4-7-18(16)21/h3-14H,1-2H3/b23-12-. The van der Waals surface area contributed by atoms with Gasteiger partial charge in [0.25, 0.3) is 0 Å². The van der Waals surface area contributed by atoms with E-state index in [2.05, 4.69) is 15.9 Å². The molecule has 0 saturated carbocycles. The number of aromatic nitrogens is 1. The number of hydrogen-bond donors (Lipinski definition) is 0. The number of nitrogens with zero attached hydrogens (tertiary/aromatic N) is 1. The summed E-state index contributed by atoms with van der Waals surface area (Å²) in [5.74, 6) is 0.271. The van der Waals surface area contributed by atoms with E-state index >= 15 is 0 Å². The van der Waals surface area contributed by atoms with Crippen LogP contribution in [0.5, 0.6) is 11.5 Å². The SMILES string of the molecule is Cc1cc(OC(=O)c2ccccc2Br)cc2c1C(=O)/C(=C/c1cn(C)c3ccccc13)O2. The van der Waals surface area contributed by atoms with Crippen molar-refractivity contribution in [2.24, 2.45) is 7.05 Å². The highest BCUT2D eigenvalue weighted by molar-refractivity contribution is 9.10. The summed E-state index contributed by atoms with van der Waals surface area (Å²) < 4.78 is 14.1. The Balaban J connectivity index is 1.47. The summed E-state index contributed by atoms with van der Waals surface area (Å²) in [4.78, 5) is 25.6. The monoisotopic (exact) mass is 487 g/mol. The Labute approximate surface area is 193 Å². The van der Waals surface area contributed by atoms with Gasteiger partial charge in [-0.15, -0.1) is 0 Å². The van der Waals surface area contributed by atoms with Crippen molar-refractivity contribution in [2.75, 3.05) is 0 Å². The van der Waals surface area contributed by atoms with E-state index in [0.29, 0.717) is 32.7 Å². The molecule has 158 valence electrons. The van der Waals surface area contributed by atoms with Crippen LogP contribution in [0.1, 0.15) is 31.8 Å². The van der Waals surface area contributed by atoms with Crippen LogP contribution in [0.15, 0.2) is 77.1 Å². The minimum Gasteiger partial charge on any atom is -0.452 e. The molecule has 0 unspecified atom stereocenters. The van der Waals surface area contributed by atoms with Crippen LogP contribution in [0, 0.1) is 6.92 Å². The Hall–Kier alpha value is -3.64. The summed E-state index contributed by atoms with van der Waals surface area (Å²) in [5, 5.41) is 1.04. The van der Waals surface area contributed by atoms with Crippen molar-refractivity contribution in [2.45, 2.75) is 6.92 Å². The van der Waals surface area contributed by atoms with Crippen molar-refractivity contribution in [1.29, 1.82) is 0 Å². The summed E-state index contributed by atoms with van der Waals surface area (Å²) in [5.41, 5.74) is 3.55. The van der Waals surface area contributed by atoms with Crippen LogP contribution < -0.4 is 9.47 Å². The second-order valence-corrected chi connectivity index (χ2v) is 8.49. The molecule has 0 amide bonds. The third-order valence-corrected chi connectivity index (χ3v) is 6.15. The number of carbonyl (C=O) groups excluding carboxylic acids is 2. The van der Waals surface area contributed by atoms with E-state index in [-0.39, 0.29) is 11.5 Å². The number of esters is 1. The van der Waals surface area contributed by atoms with Crippen molar-refractivity contribution in [1.82, 2.24) is 4.57 Å². The van der Waals surface area contributed by atoms with Gasteiger partial charge in [0.2, 0.25) is 5.78 Å². The highest BCUT2D eigenvalue weighted by Crippen LogP contribution is 2.38. The summed E-state index contributed by atoms with van der Waals surface area (Å²) >= 11 is 3.36. The Bertz CT molecular complexity index is 1450. The van der Waals surface area contributed by atoms with Gasteiger partial charge in [-0.05, 0) is 58.8 Å². The van der Waals surface area contributed by atoms with Crippen molar-refractivity contribution < 1.29 is 19.1 Å². The maximum atomic E-state index is 13.1. The Kier molecular flexibility index (Phi) is 4.94. The van der Waals surface area contributed by atoms with Gasteiger partial charge in [-0.1, -0.05) is 30.3 Å². The van der Waals surface area contributed by atoms with Crippen LogP contribution in [-0.4, -0.2) is 16.3 Å². The number of carbonyl (C=O) groups is 2. The molecule has 5 rings (SSSR count). The first-order valence-electron chi connectivity index (χ1n) is 10.0. The maximum Gasteiger partial charge on any atom is 0.344 e. The summed E-state index contributed by atoms with van der Waals surface area (Å²) in [6, 6.07) is 18.3. The van der Waals surface area contributed by atoms with Crippen LogP contribution in [0.3, 0.4) is 0 Å². The molecule has 1 aliphatic rings. The quantitative estimate of drug-likeness (QED) is 0.199. The summed E-state index contributed by atoms with van der Waals surface area (Å²) in [7, 11) is 1.96. The van der Waals surface area contributed by atoms with Crippen molar-refractivity contribution in [3.05, 3.63) is 99.3 Å². The lowest BCUT2D eigenvalue weighted by molar-refractivity contribution is 0.0733. The molecule has 0 spiro atoms. The fourth-order valence-corrected chi connectivity index (χ4v) is 4.40. The number of aryl methyl sites for hydroxylation is 2. The van der Waals surface area contributed by atoms with Gasteiger partial charge < -0.3 is 14.0 Å². The van der Waals surface area contributed by atoms with Crippen LogP contribution in [0.25, 0.3) is 17.0 Å². The molecule has 0 fully saturated rings. The topological polar surface area (TPSA) is 57.5 Å². The molecule has 0 saturated heterocycles. The minimum absolute atomic E-state index is 0.186. The van der Waals surface area contributed by atoms with Crippen molar-refractivity contribution in [3.63, 3.8) is 0 Å². The molecule has 0 bridgehead atoms. The van der Waals surface area contributed by atoms with E-state index in [1.54, 1.807) is 43.3 Å². The van der Waals surface area contributed by atoms with Crippen molar-refractivity contribution in [3.8, 4) is 11.5 Å². The van der Waals surface area contributed by atoms with E-state index in [1.807, 2.05) is 48.1 Å². The molecule has 4 aromatic rings. The molecule has 32 heavy (non-hydrogen) atoms. The van der Waals surface area contributed by atoms with E-state index < -0.39 is 5.97 Å². The van der Waals surface area contributed by atoms with Gasteiger partial charge in [-0.3, -0.25) is 4.79 Å². The summed E-state index contributed by atoms with van der Waals surface area (Å²) in [6.07, 6.45) is 3.73. The number of ether oxygens (including phenoxy) is 2. The molecule has 1 aliphatic heterocycles. The number of Topliss-reactive ketones (excluding diaryl/α,β-unsaturated/α-hetero) is 1. The maximum absolute atomic E-state index is 13.1. The second kappa shape index (κ2) is 7.80.